The molecule has 1 saturated heterocycles. The Kier molecular flexibility index (Phi) is 5.53. The van der Waals surface area contributed by atoms with Crippen LogP contribution in [0.1, 0.15) is 25.0 Å². The van der Waals surface area contributed by atoms with E-state index in [0.29, 0.717) is 0 Å². The highest BCUT2D eigenvalue weighted by atomic mass is 16.5. The molecule has 1 aliphatic heterocycles. The summed E-state index contributed by atoms with van der Waals surface area (Å²) in [5, 5.41) is 4.36. The van der Waals surface area contributed by atoms with Gasteiger partial charge in [-0.15, -0.1) is 0 Å². The Bertz CT molecular complexity index is 654. The molecule has 1 fully saturated rings. The van der Waals surface area contributed by atoms with Crippen LogP contribution in [0, 0.1) is 6.92 Å². The molecule has 1 aromatic carbocycles. The van der Waals surface area contributed by atoms with Crippen molar-refractivity contribution in [3.8, 4) is 5.75 Å². The fraction of sp³-hybridized carbons (Fsp3) is 0.526. The summed E-state index contributed by atoms with van der Waals surface area (Å²) in [7, 11) is 0. The first-order valence-corrected chi connectivity index (χ1v) is 8.67. The zero-order chi connectivity index (χ0) is 16.9. The Morgan fingerprint density at radius 3 is 3.00 bits per heavy atom. The Morgan fingerprint density at radius 1 is 1.38 bits per heavy atom. The second kappa shape index (κ2) is 7.81. The third-order valence-corrected chi connectivity index (χ3v) is 4.05. The Balaban J connectivity index is 1.57. The van der Waals surface area contributed by atoms with Gasteiger partial charge in [-0.05, 0) is 44.0 Å². The van der Waals surface area contributed by atoms with E-state index in [4.69, 9.17) is 9.47 Å². The first-order chi connectivity index (χ1) is 11.6. The minimum atomic E-state index is 0.188. The summed E-state index contributed by atoms with van der Waals surface area (Å²) in [4.78, 5) is 2.44. The maximum Gasteiger partial charge on any atom is 0.120 e. The Labute approximate surface area is 144 Å². The van der Waals surface area contributed by atoms with Gasteiger partial charge < -0.3 is 9.47 Å². The second-order valence-corrected chi connectivity index (χ2v) is 6.78. The molecule has 1 aliphatic rings. The monoisotopic (exact) mass is 329 g/mol. The molecule has 0 radical (unpaired) electrons. The lowest BCUT2D eigenvalue weighted by atomic mass is 10.1. The SMILES string of the molecule is Cc1cnn(C[C@@H]2CN(Cc3cccc(OC(C)C)c3)CCO2)c1. The predicted octanol–water partition coefficient (Wildman–Crippen LogP) is 2.88. The van der Waals surface area contributed by atoms with Crippen molar-refractivity contribution < 1.29 is 9.47 Å². The van der Waals surface area contributed by atoms with Gasteiger partial charge in [0.25, 0.3) is 0 Å². The number of aromatic nitrogens is 2. The van der Waals surface area contributed by atoms with Crippen LogP contribution in [0.4, 0.5) is 0 Å². The van der Waals surface area contributed by atoms with Gasteiger partial charge in [-0.2, -0.15) is 5.10 Å². The Hall–Kier alpha value is -1.85. The molecule has 0 amide bonds. The van der Waals surface area contributed by atoms with Gasteiger partial charge in [0.15, 0.2) is 0 Å². The number of nitrogens with zero attached hydrogens (tertiary/aromatic N) is 3. The van der Waals surface area contributed by atoms with Gasteiger partial charge in [0.2, 0.25) is 0 Å². The zero-order valence-corrected chi connectivity index (χ0v) is 14.8. The molecule has 0 spiro atoms. The highest BCUT2D eigenvalue weighted by Gasteiger charge is 2.21. The smallest absolute Gasteiger partial charge is 0.120 e. The van der Waals surface area contributed by atoms with Crippen LogP contribution in [0.5, 0.6) is 5.75 Å². The molecule has 0 N–H and O–H groups in total. The van der Waals surface area contributed by atoms with Gasteiger partial charge in [-0.1, -0.05) is 12.1 Å². The normalized spacial score (nSPS) is 18.9. The fourth-order valence-electron chi connectivity index (χ4n) is 3.06. The fourth-order valence-corrected chi connectivity index (χ4v) is 3.06. The lowest BCUT2D eigenvalue weighted by Gasteiger charge is -2.33. The van der Waals surface area contributed by atoms with Crippen molar-refractivity contribution in [2.75, 3.05) is 19.7 Å². The summed E-state index contributed by atoms with van der Waals surface area (Å²) in [6, 6.07) is 8.39. The average Bonchev–Trinajstić information content (AvgIpc) is 2.92. The molecule has 0 bridgehead atoms. The summed E-state index contributed by atoms with van der Waals surface area (Å²) in [6.07, 6.45) is 4.34. The molecular formula is C19H27N3O2. The molecule has 2 heterocycles. The van der Waals surface area contributed by atoms with E-state index in [-0.39, 0.29) is 12.2 Å². The molecule has 130 valence electrons. The van der Waals surface area contributed by atoms with Crippen molar-refractivity contribution in [1.82, 2.24) is 14.7 Å². The molecule has 1 aromatic heterocycles. The highest BCUT2D eigenvalue weighted by molar-refractivity contribution is 5.28. The van der Waals surface area contributed by atoms with E-state index in [1.165, 1.54) is 11.1 Å². The molecule has 0 unspecified atom stereocenters. The minimum absolute atomic E-state index is 0.188. The molecule has 0 saturated carbocycles. The first-order valence-electron chi connectivity index (χ1n) is 8.67. The molecule has 1 atom stereocenters. The van der Waals surface area contributed by atoms with E-state index in [0.717, 1.165) is 38.5 Å². The van der Waals surface area contributed by atoms with Crippen LogP contribution in [0.2, 0.25) is 0 Å². The van der Waals surface area contributed by atoms with Crippen LogP contribution in [0.25, 0.3) is 0 Å². The van der Waals surface area contributed by atoms with Crippen molar-refractivity contribution in [3.63, 3.8) is 0 Å². The average molecular weight is 329 g/mol. The highest BCUT2D eigenvalue weighted by Crippen LogP contribution is 2.18. The van der Waals surface area contributed by atoms with Crippen molar-refractivity contribution in [2.24, 2.45) is 0 Å². The van der Waals surface area contributed by atoms with Crippen LogP contribution in [-0.4, -0.2) is 46.6 Å². The topological polar surface area (TPSA) is 39.5 Å². The van der Waals surface area contributed by atoms with Gasteiger partial charge in [-0.3, -0.25) is 9.58 Å². The molecular weight excluding hydrogens is 302 g/mol. The molecule has 24 heavy (non-hydrogen) atoms. The van der Waals surface area contributed by atoms with E-state index in [9.17, 15) is 0 Å². The van der Waals surface area contributed by atoms with Gasteiger partial charge in [-0.25, -0.2) is 0 Å². The molecule has 5 nitrogen and oxygen atoms in total. The number of hydrogen-bond donors (Lipinski definition) is 0. The van der Waals surface area contributed by atoms with Crippen LogP contribution < -0.4 is 4.74 Å². The first kappa shape index (κ1) is 17.0. The van der Waals surface area contributed by atoms with E-state index >= 15 is 0 Å². The van der Waals surface area contributed by atoms with Gasteiger partial charge in [0, 0.05) is 25.8 Å². The molecule has 2 aromatic rings. The molecule has 3 rings (SSSR count). The summed E-state index contributed by atoms with van der Waals surface area (Å²) < 4.78 is 13.7. The number of ether oxygens (including phenoxy) is 2. The molecule has 5 heteroatoms. The third kappa shape index (κ3) is 4.82. The number of aryl methyl sites for hydroxylation is 1. The number of rotatable bonds is 6. The second-order valence-electron chi connectivity index (χ2n) is 6.78. The predicted molar refractivity (Wildman–Crippen MR) is 94.2 cm³/mol. The van der Waals surface area contributed by atoms with Crippen LogP contribution in [0.15, 0.2) is 36.7 Å². The van der Waals surface area contributed by atoms with Crippen LogP contribution in [0.3, 0.4) is 0 Å². The maximum absolute atomic E-state index is 5.91. The maximum atomic E-state index is 5.91. The summed E-state index contributed by atoms with van der Waals surface area (Å²) in [5.74, 6) is 0.944. The Morgan fingerprint density at radius 2 is 2.25 bits per heavy atom. The summed E-state index contributed by atoms with van der Waals surface area (Å²) in [5.41, 5.74) is 2.47. The van der Waals surface area contributed by atoms with Crippen molar-refractivity contribution in [1.29, 1.82) is 0 Å². The van der Waals surface area contributed by atoms with Gasteiger partial charge in [0.05, 0.1) is 31.6 Å². The minimum Gasteiger partial charge on any atom is -0.491 e. The largest absolute Gasteiger partial charge is 0.491 e. The summed E-state index contributed by atoms with van der Waals surface area (Å²) in [6.45, 7) is 10.6. The van der Waals surface area contributed by atoms with E-state index in [2.05, 4.69) is 55.2 Å². The van der Waals surface area contributed by atoms with Crippen molar-refractivity contribution in [2.45, 2.75) is 46.1 Å². The quantitative estimate of drug-likeness (QED) is 0.817. The van der Waals surface area contributed by atoms with Crippen molar-refractivity contribution in [3.05, 3.63) is 47.8 Å². The van der Waals surface area contributed by atoms with Crippen LogP contribution >= 0.6 is 0 Å². The number of hydrogen-bond acceptors (Lipinski definition) is 4. The lowest BCUT2D eigenvalue weighted by Crippen LogP contribution is -2.43. The lowest BCUT2D eigenvalue weighted by molar-refractivity contribution is -0.0402. The zero-order valence-electron chi connectivity index (χ0n) is 14.8. The number of morpholine rings is 1. The molecule has 0 aliphatic carbocycles. The van der Waals surface area contributed by atoms with Crippen LogP contribution in [-0.2, 0) is 17.8 Å². The van der Waals surface area contributed by atoms with E-state index in [1.54, 1.807) is 0 Å². The van der Waals surface area contributed by atoms with E-state index in [1.807, 2.05) is 16.9 Å². The third-order valence-electron chi connectivity index (χ3n) is 4.05. The number of benzene rings is 1. The van der Waals surface area contributed by atoms with E-state index < -0.39 is 0 Å². The van der Waals surface area contributed by atoms with Crippen molar-refractivity contribution >= 4 is 0 Å². The van der Waals surface area contributed by atoms with Gasteiger partial charge in [0.1, 0.15) is 5.75 Å². The summed E-state index contributed by atoms with van der Waals surface area (Å²) >= 11 is 0. The standard InChI is InChI=1S/C19H27N3O2/c1-15(2)24-18-6-4-5-17(9-18)12-21-7-8-23-19(13-21)14-22-11-16(3)10-20-22/h4-6,9-11,15,19H,7-8,12-14H2,1-3H3/t19-/m0/s1. The van der Waals surface area contributed by atoms with Gasteiger partial charge >= 0.3 is 0 Å².